The predicted molar refractivity (Wildman–Crippen MR) is 163 cm³/mol. The second-order valence-corrected chi connectivity index (χ2v) is 10.3. The predicted octanol–water partition coefficient (Wildman–Crippen LogP) is 9.27. The van der Waals surface area contributed by atoms with Gasteiger partial charge in [-0.3, -0.25) is 4.40 Å². The Balaban J connectivity index is 1.27. The Kier molecular flexibility index (Phi) is 4.05. The van der Waals surface area contributed by atoms with Gasteiger partial charge in [0, 0.05) is 10.9 Å². The summed E-state index contributed by atoms with van der Waals surface area (Å²) in [6, 6.07) is 45.4. The summed E-state index contributed by atoms with van der Waals surface area (Å²) in [6.45, 7) is 0. The number of hydrogen-bond acceptors (Lipinski definition) is 2. The highest BCUT2D eigenvalue weighted by atomic mass is 15.1. The molecule has 9 rings (SSSR count). The van der Waals surface area contributed by atoms with Crippen molar-refractivity contribution in [2.75, 3.05) is 0 Å². The Morgan fingerprint density at radius 1 is 0.436 bits per heavy atom. The van der Waals surface area contributed by atoms with Gasteiger partial charge in [-0.25, -0.2) is 9.97 Å². The third-order valence-electron chi connectivity index (χ3n) is 8.13. The van der Waals surface area contributed by atoms with Crippen molar-refractivity contribution in [2.24, 2.45) is 0 Å². The number of aromatic nitrogens is 3. The van der Waals surface area contributed by atoms with E-state index in [1.807, 2.05) is 12.1 Å². The van der Waals surface area contributed by atoms with Gasteiger partial charge in [-0.05, 0) is 67.7 Å². The minimum atomic E-state index is 0.902. The van der Waals surface area contributed by atoms with E-state index in [0.717, 1.165) is 39.0 Å². The maximum atomic E-state index is 5.13. The van der Waals surface area contributed by atoms with E-state index in [0.29, 0.717) is 0 Å². The summed E-state index contributed by atoms with van der Waals surface area (Å²) < 4.78 is 2.20. The highest BCUT2D eigenvalue weighted by Gasteiger charge is 2.16. The first-order valence-corrected chi connectivity index (χ1v) is 13.3. The SMILES string of the molecule is c1cc2ccc3ccc(-c4ccc(-c5nc6ccccc6c6nc7ccccc7n56)cc4)c4ccc(c1)c2c34. The minimum absolute atomic E-state index is 0.902. The largest absolute Gasteiger partial charge is 0.276 e. The van der Waals surface area contributed by atoms with Gasteiger partial charge < -0.3 is 0 Å². The molecule has 9 aromatic rings. The fourth-order valence-electron chi connectivity index (χ4n) is 6.32. The normalized spacial score (nSPS) is 12.1. The zero-order valence-corrected chi connectivity index (χ0v) is 21.0. The number of para-hydroxylation sites is 3. The van der Waals surface area contributed by atoms with E-state index >= 15 is 0 Å². The molecular weight excluding hydrogens is 474 g/mol. The fraction of sp³-hybridized carbons (Fsp3) is 0. The van der Waals surface area contributed by atoms with E-state index < -0.39 is 0 Å². The first-order chi connectivity index (χ1) is 19.3. The monoisotopic (exact) mass is 495 g/mol. The van der Waals surface area contributed by atoms with E-state index in [1.54, 1.807) is 0 Å². The maximum Gasteiger partial charge on any atom is 0.149 e. The molecule has 0 amide bonds. The molecule has 0 N–H and O–H groups in total. The molecule has 0 aliphatic heterocycles. The third kappa shape index (κ3) is 2.87. The van der Waals surface area contributed by atoms with Crippen molar-refractivity contribution in [3.63, 3.8) is 0 Å². The van der Waals surface area contributed by atoms with Gasteiger partial charge in [-0.15, -0.1) is 0 Å². The Morgan fingerprint density at radius 3 is 1.95 bits per heavy atom. The van der Waals surface area contributed by atoms with Gasteiger partial charge in [0.2, 0.25) is 0 Å². The van der Waals surface area contributed by atoms with E-state index in [4.69, 9.17) is 9.97 Å². The van der Waals surface area contributed by atoms with E-state index in [2.05, 4.69) is 120 Å². The molecule has 0 fully saturated rings. The van der Waals surface area contributed by atoms with Gasteiger partial charge in [-0.1, -0.05) is 103 Å². The molecule has 39 heavy (non-hydrogen) atoms. The number of hydrogen-bond donors (Lipinski definition) is 0. The molecule has 0 unspecified atom stereocenters. The summed E-state index contributed by atoms with van der Waals surface area (Å²) in [5.41, 5.74) is 7.44. The average Bonchev–Trinajstić information content (AvgIpc) is 3.40. The maximum absolute atomic E-state index is 5.13. The Bertz CT molecular complexity index is 2360. The third-order valence-corrected chi connectivity index (χ3v) is 8.13. The fourth-order valence-corrected chi connectivity index (χ4v) is 6.32. The van der Waals surface area contributed by atoms with Gasteiger partial charge in [0.05, 0.1) is 16.6 Å². The minimum Gasteiger partial charge on any atom is -0.276 e. The van der Waals surface area contributed by atoms with Crippen LogP contribution in [0.5, 0.6) is 0 Å². The highest BCUT2D eigenvalue weighted by molar-refractivity contribution is 6.25. The summed E-state index contributed by atoms with van der Waals surface area (Å²) in [7, 11) is 0. The molecule has 0 saturated heterocycles. The summed E-state index contributed by atoms with van der Waals surface area (Å²) in [6.07, 6.45) is 0. The van der Waals surface area contributed by atoms with Crippen molar-refractivity contribution in [1.29, 1.82) is 0 Å². The molecule has 0 aliphatic carbocycles. The van der Waals surface area contributed by atoms with Crippen molar-refractivity contribution >= 4 is 59.9 Å². The lowest BCUT2D eigenvalue weighted by Crippen LogP contribution is -1.98. The number of fused-ring (bicyclic) bond motifs is 5. The molecule has 3 heteroatoms. The van der Waals surface area contributed by atoms with Crippen LogP contribution in [0.3, 0.4) is 0 Å². The van der Waals surface area contributed by atoms with Crippen LogP contribution in [0.2, 0.25) is 0 Å². The summed E-state index contributed by atoms with van der Waals surface area (Å²) >= 11 is 0. The lowest BCUT2D eigenvalue weighted by Gasteiger charge is -2.14. The van der Waals surface area contributed by atoms with Crippen LogP contribution in [0, 0.1) is 0 Å². The molecular formula is C36H21N3. The Labute approximate surface area is 223 Å². The van der Waals surface area contributed by atoms with Crippen molar-refractivity contribution in [2.45, 2.75) is 0 Å². The van der Waals surface area contributed by atoms with Crippen molar-refractivity contribution in [3.05, 3.63) is 127 Å². The smallest absolute Gasteiger partial charge is 0.149 e. The van der Waals surface area contributed by atoms with Crippen molar-refractivity contribution < 1.29 is 0 Å². The van der Waals surface area contributed by atoms with Crippen LogP contribution in [0.15, 0.2) is 127 Å². The molecule has 0 aliphatic rings. The van der Waals surface area contributed by atoms with Gasteiger partial charge in [0.15, 0.2) is 0 Å². The van der Waals surface area contributed by atoms with Crippen molar-refractivity contribution in [3.8, 4) is 22.5 Å². The van der Waals surface area contributed by atoms with Gasteiger partial charge >= 0.3 is 0 Å². The van der Waals surface area contributed by atoms with E-state index in [1.165, 1.54) is 43.4 Å². The lowest BCUT2D eigenvalue weighted by atomic mass is 9.90. The van der Waals surface area contributed by atoms with Crippen LogP contribution < -0.4 is 0 Å². The first-order valence-electron chi connectivity index (χ1n) is 13.3. The number of rotatable bonds is 2. The van der Waals surface area contributed by atoms with Crippen LogP contribution >= 0.6 is 0 Å². The molecule has 0 spiro atoms. The lowest BCUT2D eigenvalue weighted by molar-refractivity contribution is 1.16. The van der Waals surface area contributed by atoms with Gasteiger partial charge in [0.1, 0.15) is 11.5 Å². The quantitative estimate of drug-likeness (QED) is 0.224. The highest BCUT2D eigenvalue weighted by Crippen LogP contribution is 2.39. The van der Waals surface area contributed by atoms with Crippen LogP contribution in [0.25, 0.3) is 82.4 Å². The molecule has 0 atom stereocenters. The van der Waals surface area contributed by atoms with E-state index in [-0.39, 0.29) is 0 Å². The molecule has 2 heterocycles. The molecule has 0 saturated carbocycles. The number of imidazole rings is 1. The second-order valence-electron chi connectivity index (χ2n) is 10.3. The zero-order valence-electron chi connectivity index (χ0n) is 21.0. The Morgan fingerprint density at radius 2 is 1.10 bits per heavy atom. The molecule has 3 nitrogen and oxygen atoms in total. The zero-order chi connectivity index (χ0) is 25.5. The number of nitrogens with zero attached hydrogens (tertiary/aromatic N) is 3. The molecule has 7 aromatic carbocycles. The van der Waals surface area contributed by atoms with Gasteiger partial charge in [-0.2, -0.15) is 0 Å². The van der Waals surface area contributed by atoms with Crippen LogP contribution in [-0.2, 0) is 0 Å². The van der Waals surface area contributed by atoms with Crippen LogP contribution in [0.4, 0.5) is 0 Å². The van der Waals surface area contributed by atoms with Gasteiger partial charge in [0.25, 0.3) is 0 Å². The first kappa shape index (κ1) is 20.7. The average molecular weight is 496 g/mol. The van der Waals surface area contributed by atoms with Crippen LogP contribution in [-0.4, -0.2) is 14.4 Å². The number of benzene rings is 7. The summed E-state index contributed by atoms with van der Waals surface area (Å²) in [5.74, 6) is 0.902. The molecule has 0 bridgehead atoms. The summed E-state index contributed by atoms with van der Waals surface area (Å²) in [5, 5.41) is 8.90. The molecule has 0 radical (unpaired) electrons. The standard InChI is InChI=1S/C36H21N3/c1-2-9-30-29(8-1)36-38-31-10-3-4-11-32(31)39(36)35(37-30)26-16-12-22(13-17-26)27-20-18-25-15-14-23-6-5-7-24-19-21-28(27)34(25)33(23)24/h1-21H. The Hall–Kier alpha value is -5.28. The van der Waals surface area contributed by atoms with Crippen molar-refractivity contribution in [1.82, 2.24) is 14.4 Å². The molecule has 180 valence electrons. The topological polar surface area (TPSA) is 30.2 Å². The van der Waals surface area contributed by atoms with Crippen LogP contribution in [0.1, 0.15) is 0 Å². The molecule has 2 aromatic heterocycles. The second kappa shape index (κ2) is 7.62. The van der Waals surface area contributed by atoms with E-state index in [9.17, 15) is 0 Å². The summed E-state index contributed by atoms with van der Waals surface area (Å²) in [4.78, 5) is 10.1.